The van der Waals surface area contributed by atoms with Crippen molar-refractivity contribution in [3.63, 3.8) is 0 Å². The second kappa shape index (κ2) is 4.83. The van der Waals surface area contributed by atoms with E-state index in [-0.39, 0.29) is 23.5 Å². The number of nitrogens with one attached hydrogen (secondary N) is 1. The van der Waals surface area contributed by atoms with Crippen LogP contribution in [0.15, 0.2) is 12.3 Å². The molecule has 1 aliphatic heterocycles. The highest BCUT2D eigenvalue weighted by molar-refractivity contribution is 7.91. The lowest BCUT2D eigenvalue weighted by Crippen LogP contribution is -2.35. The summed E-state index contributed by atoms with van der Waals surface area (Å²) in [6.07, 6.45) is 2.23. The van der Waals surface area contributed by atoms with E-state index < -0.39 is 9.84 Å². The summed E-state index contributed by atoms with van der Waals surface area (Å²) in [7, 11) is -2.94. The first-order valence-electron chi connectivity index (χ1n) is 5.82. The Labute approximate surface area is 107 Å². The highest BCUT2D eigenvalue weighted by Gasteiger charge is 2.35. The van der Waals surface area contributed by atoms with Crippen LogP contribution in [0, 0.1) is 12.8 Å². The predicted octanol–water partition coefficient (Wildman–Crippen LogP) is -0.0887. The largest absolute Gasteiger partial charge is 0.383 e. The Morgan fingerprint density at radius 1 is 1.56 bits per heavy atom. The molecule has 18 heavy (non-hydrogen) atoms. The van der Waals surface area contributed by atoms with Gasteiger partial charge in [-0.1, -0.05) is 0 Å². The quantitative estimate of drug-likeness (QED) is 0.523. The van der Waals surface area contributed by atoms with Gasteiger partial charge in [0, 0.05) is 11.8 Å². The minimum absolute atomic E-state index is 0.0507. The first-order valence-corrected chi connectivity index (χ1v) is 7.64. The zero-order valence-electron chi connectivity index (χ0n) is 10.3. The number of hydrazine groups is 1. The van der Waals surface area contributed by atoms with Gasteiger partial charge in [-0.15, -0.1) is 0 Å². The number of nitrogen functional groups attached to an aromatic ring is 1. The zero-order chi connectivity index (χ0) is 13.3. The van der Waals surface area contributed by atoms with Gasteiger partial charge < -0.3 is 5.73 Å². The van der Waals surface area contributed by atoms with Crippen molar-refractivity contribution in [3.8, 4) is 0 Å². The van der Waals surface area contributed by atoms with E-state index in [1.165, 1.54) is 0 Å². The molecule has 2 atom stereocenters. The molecule has 0 bridgehead atoms. The molecule has 0 saturated carbocycles. The van der Waals surface area contributed by atoms with Crippen LogP contribution in [0.3, 0.4) is 0 Å². The number of sulfone groups is 1. The molecule has 0 amide bonds. The Morgan fingerprint density at radius 3 is 2.78 bits per heavy atom. The van der Waals surface area contributed by atoms with Gasteiger partial charge in [0.05, 0.1) is 17.5 Å². The van der Waals surface area contributed by atoms with Crippen LogP contribution in [-0.4, -0.2) is 24.9 Å². The van der Waals surface area contributed by atoms with Crippen LogP contribution in [-0.2, 0) is 9.84 Å². The topological polar surface area (TPSA) is 111 Å². The Kier molecular flexibility index (Phi) is 3.56. The number of aryl methyl sites for hydroxylation is 1. The summed E-state index contributed by atoms with van der Waals surface area (Å²) in [4.78, 5) is 4.05. The van der Waals surface area contributed by atoms with Crippen LogP contribution in [0.1, 0.15) is 23.6 Å². The van der Waals surface area contributed by atoms with Crippen molar-refractivity contribution >= 4 is 15.7 Å². The highest BCUT2D eigenvalue weighted by Crippen LogP contribution is 2.34. The predicted molar refractivity (Wildman–Crippen MR) is 70.2 cm³/mol. The van der Waals surface area contributed by atoms with Crippen molar-refractivity contribution in [2.24, 2.45) is 11.8 Å². The molecule has 0 aliphatic carbocycles. The SMILES string of the molecule is Cc1ccnc(N)c1C(NN)C1CCS(=O)(=O)C1. The van der Waals surface area contributed by atoms with Gasteiger partial charge in [0.15, 0.2) is 9.84 Å². The van der Waals surface area contributed by atoms with Crippen molar-refractivity contribution in [1.29, 1.82) is 0 Å². The molecule has 100 valence electrons. The molecular formula is C11H18N4O2S. The van der Waals surface area contributed by atoms with Crippen molar-refractivity contribution in [3.05, 3.63) is 23.4 Å². The zero-order valence-corrected chi connectivity index (χ0v) is 11.1. The fraction of sp³-hybridized carbons (Fsp3) is 0.545. The Balaban J connectivity index is 2.35. The van der Waals surface area contributed by atoms with E-state index in [1.807, 2.05) is 13.0 Å². The molecule has 1 aromatic rings. The second-order valence-electron chi connectivity index (χ2n) is 4.73. The third kappa shape index (κ3) is 2.47. The first kappa shape index (κ1) is 13.3. The lowest BCUT2D eigenvalue weighted by Gasteiger charge is -2.24. The second-order valence-corrected chi connectivity index (χ2v) is 6.96. The molecule has 6 nitrogen and oxygen atoms in total. The fourth-order valence-electron chi connectivity index (χ4n) is 2.54. The van der Waals surface area contributed by atoms with Gasteiger partial charge in [0.1, 0.15) is 5.82 Å². The third-order valence-corrected chi connectivity index (χ3v) is 5.26. The Hall–Kier alpha value is -1.18. The number of anilines is 1. The van der Waals surface area contributed by atoms with E-state index in [0.29, 0.717) is 12.2 Å². The molecule has 1 saturated heterocycles. The average Bonchev–Trinajstić information content (AvgIpc) is 2.64. The van der Waals surface area contributed by atoms with E-state index in [1.54, 1.807) is 6.20 Å². The molecule has 0 radical (unpaired) electrons. The normalized spacial score (nSPS) is 24.0. The van der Waals surface area contributed by atoms with Gasteiger partial charge in [0.2, 0.25) is 0 Å². The smallest absolute Gasteiger partial charge is 0.150 e. The molecule has 7 heteroatoms. The summed E-state index contributed by atoms with van der Waals surface area (Å²) in [5.41, 5.74) is 10.3. The number of rotatable bonds is 3. The van der Waals surface area contributed by atoms with Crippen molar-refractivity contribution in [2.75, 3.05) is 17.2 Å². The standard InChI is InChI=1S/C11H18N4O2S/c1-7-2-4-14-11(12)9(7)10(15-13)8-3-5-18(16,17)6-8/h2,4,8,10,15H,3,5-6,13H2,1H3,(H2,12,14). The lowest BCUT2D eigenvalue weighted by atomic mass is 9.91. The summed E-state index contributed by atoms with van der Waals surface area (Å²) >= 11 is 0. The molecule has 0 spiro atoms. The van der Waals surface area contributed by atoms with Gasteiger partial charge in [-0.25, -0.2) is 13.4 Å². The summed E-state index contributed by atoms with van der Waals surface area (Å²) in [5.74, 6) is 6.30. The minimum atomic E-state index is -2.94. The van der Waals surface area contributed by atoms with Crippen LogP contribution in [0.25, 0.3) is 0 Å². The Bertz CT molecular complexity index is 524. The molecule has 1 aliphatic rings. The van der Waals surface area contributed by atoms with E-state index >= 15 is 0 Å². The molecule has 0 aromatic carbocycles. The van der Waals surface area contributed by atoms with Crippen LogP contribution in [0.4, 0.5) is 5.82 Å². The maximum Gasteiger partial charge on any atom is 0.150 e. The average molecular weight is 270 g/mol. The van der Waals surface area contributed by atoms with Gasteiger partial charge in [-0.3, -0.25) is 11.3 Å². The van der Waals surface area contributed by atoms with Gasteiger partial charge in [-0.2, -0.15) is 0 Å². The minimum Gasteiger partial charge on any atom is -0.383 e. The van der Waals surface area contributed by atoms with Crippen LogP contribution in [0.2, 0.25) is 0 Å². The fourth-order valence-corrected chi connectivity index (χ4v) is 4.38. The summed E-state index contributed by atoms with van der Waals surface area (Å²) < 4.78 is 23.1. The monoisotopic (exact) mass is 270 g/mol. The molecule has 1 fully saturated rings. The van der Waals surface area contributed by atoms with E-state index in [2.05, 4.69) is 10.4 Å². The van der Waals surface area contributed by atoms with E-state index in [4.69, 9.17) is 11.6 Å². The molecule has 2 rings (SSSR count). The van der Waals surface area contributed by atoms with Crippen molar-refractivity contribution in [2.45, 2.75) is 19.4 Å². The maximum absolute atomic E-state index is 11.5. The van der Waals surface area contributed by atoms with E-state index in [9.17, 15) is 8.42 Å². The first-order chi connectivity index (χ1) is 8.44. The summed E-state index contributed by atoms with van der Waals surface area (Å²) in [5, 5.41) is 0. The number of nitrogens with two attached hydrogens (primary N) is 2. The summed E-state index contributed by atoms with van der Waals surface area (Å²) in [6.45, 7) is 1.92. The molecule has 1 aromatic heterocycles. The number of nitrogens with zero attached hydrogens (tertiary/aromatic N) is 1. The van der Waals surface area contributed by atoms with Gasteiger partial charge in [0.25, 0.3) is 0 Å². The maximum atomic E-state index is 11.5. The number of hydrogen-bond acceptors (Lipinski definition) is 6. The van der Waals surface area contributed by atoms with Crippen molar-refractivity contribution in [1.82, 2.24) is 10.4 Å². The van der Waals surface area contributed by atoms with Crippen LogP contribution < -0.4 is 17.0 Å². The number of aromatic nitrogens is 1. The Morgan fingerprint density at radius 2 is 2.28 bits per heavy atom. The molecule has 5 N–H and O–H groups in total. The molecular weight excluding hydrogens is 252 g/mol. The van der Waals surface area contributed by atoms with E-state index in [0.717, 1.165) is 11.1 Å². The number of hydrogen-bond donors (Lipinski definition) is 3. The third-order valence-electron chi connectivity index (χ3n) is 3.47. The molecule has 2 unspecified atom stereocenters. The molecule has 2 heterocycles. The van der Waals surface area contributed by atoms with Gasteiger partial charge >= 0.3 is 0 Å². The van der Waals surface area contributed by atoms with Gasteiger partial charge in [-0.05, 0) is 30.9 Å². The lowest BCUT2D eigenvalue weighted by molar-refractivity contribution is 0.398. The van der Waals surface area contributed by atoms with Crippen LogP contribution >= 0.6 is 0 Å². The highest BCUT2D eigenvalue weighted by atomic mass is 32.2. The van der Waals surface area contributed by atoms with Crippen LogP contribution in [0.5, 0.6) is 0 Å². The number of pyridine rings is 1. The summed E-state index contributed by atoms with van der Waals surface area (Å²) in [6, 6.07) is 1.58. The van der Waals surface area contributed by atoms with Crippen molar-refractivity contribution < 1.29 is 8.42 Å².